The van der Waals surface area contributed by atoms with Crippen LogP contribution in [0.1, 0.15) is 6.92 Å². The topological polar surface area (TPSA) is 30.8 Å². The van der Waals surface area contributed by atoms with Crippen molar-refractivity contribution in [1.29, 1.82) is 0 Å². The molecule has 0 N–H and O–H groups in total. The van der Waals surface area contributed by atoms with Gasteiger partial charge in [-0.25, -0.2) is 87.8 Å². The number of nitrogens with zero attached hydrogens (tertiary/aromatic N) is 1. The first kappa shape index (κ1) is 37.3. The molecular formula is C26H3B2F20NO2-2. The van der Waals surface area contributed by atoms with E-state index in [2.05, 4.69) is 9.56 Å². The van der Waals surface area contributed by atoms with Gasteiger partial charge in [0, 0.05) is 6.92 Å². The van der Waals surface area contributed by atoms with Gasteiger partial charge in [0.1, 0.15) is 46.5 Å². The number of hydrogen-bond donors (Lipinski definition) is 0. The zero-order valence-corrected chi connectivity index (χ0v) is 23.5. The Labute approximate surface area is 266 Å². The zero-order valence-electron chi connectivity index (χ0n) is 23.5. The molecule has 1 heterocycles. The van der Waals surface area contributed by atoms with Crippen LogP contribution in [0.15, 0.2) is 4.90 Å². The zero-order chi connectivity index (χ0) is 38.6. The van der Waals surface area contributed by atoms with Gasteiger partial charge in [-0.15, -0.1) is 0 Å². The van der Waals surface area contributed by atoms with E-state index in [4.69, 9.17) is 4.57 Å². The maximum atomic E-state index is 15.5. The Morgan fingerprint density at radius 3 is 0.745 bits per heavy atom. The van der Waals surface area contributed by atoms with Gasteiger partial charge < -0.3 is 14.1 Å². The van der Waals surface area contributed by atoms with Gasteiger partial charge in [0.25, 0.3) is 6.48 Å². The highest BCUT2D eigenvalue weighted by molar-refractivity contribution is 7.08. The Kier molecular flexibility index (Phi) is 8.83. The minimum Gasteiger partial charge on any atom is -0.754 e. The van der Waals surface area contributed by atoms with E-state index in [-0.39, 0.29) is 6.92 Å². The Morgan fingerprint density at radius 1 is 0.314 bits per heavy atom. The van der Waals surface area contributed by atoms with Crippen LogP contribution >= 0.6 is 0 Å². The van der Waals surface area contributed by atoms with Crippen LogP contribution in [0, 0.1) is 116 Å². The van der Waals surface area contributed by atoms with Crippen LogP contribution in [-0.4, -0.2) is 18.9 Å². The van der Waals surface area contributed by atoms with E-state index >= 15 is 35.1 Å². The molecule has 0 spiro atoms. The summed E-state index contributed by atoms with van der Waals surface area (Å²) in [6.45, 7) is -12.8. The minimum atomic E-state index is -6.48. The van der Waals surface area contributed by atoms with Crippen molar-refractivity contribution in [3.8, 4) is 0 Å². The molecule has 0 unspecified atom stereocenters. The predicted octanol–water partition coefficient (Wildman–Crippen LogP) is 5.75. The molecule has 3 nitrogen and oxygen atoms in total. The monoisotopic (exact) mass is 763 g/mol. The fraction of sp³-hybridized carbons (Fsp3) is 0.0385. The number of halogens is 20. The molecule has 272 valence electrons. The van der Waals surface area contributed by atoms with Gasteiger partial charge >= 0.3 is 6.55 Å². The average molecular weight is 763 g/mol. The normalized spacial score (nSPS) is 15.3. The molecule has 0 aliphatic carbocycles. The first-order valence-electron chi connectivity index (χ1n) is 12.8. The van der Waals surface area contributed by atoms with Gasteiger partial charge in [0.15, 0.2) is 69.8 Å². The maximum absolute atomic E-state index is 15.5. The van der Waals surface area contributed by atoms with Gasteiger partial charge in [0.2, 0.25) is 0 Å². The molecule has 51 heavy (non-hydrogen) atoms. The summed E-state index contributed by atoms with van der Waals surface area (Å²) in [5.41, 5.74) is -12.4. The number of rotatable bonds is 4. The smallest absolute Gasteiger partial charge is 0.324 e. The largest absolute Gasteiger partial charge is 0.754 e. The van der Waals surface area contributed by atoms with Gasteiger partial charge in [0.05, 0.1) is 5.90 Å². The van der Waals surface area contributed by atoms with Crippen LogP contribution in [0.25, 0.3) is 0 Å². The van der Waals surface area contributed by atoms with E-state index in [1.165, 1.54) is 0 Å². The summed E-state index contributed by atoms with van der Waals surface area (Å²) in [6, 6.07) is 0. The van der Waals surface area contributed by atoms with Gasteiger partial charge in [-0.2, -0.15) is 0 Å². The third-order valence-corrected chi connectivity index (χ3v) is 7.61. The van der Waals surface area contributed by atoms with E-state index in [1.54, 1.807) is 0 Å². The van der Waals surface area contributed by atoms with Crippen LogP contribution in [-0.2, 0) is 9.23 Å². The molecule has 0 aromatic heterocycles. The van der Waals surface area contributed by atoms with Crippen molar-refractivity contribution in [2.45, 2.75) is 6.92 Å². The van der Waals surface area contributed by atoms with Crippen molar-refractivity contribution in [2.75, 3.05) is 0 Å². The quantitative estimate of drug-likeness (QED) is 0.115. The van der Waals surface area contributed by atoms with E-state index in [0.29, 0.717) is 0 Å². The average Bonchev–Trinajstić information content (AvgIpc) is 3.07. The van der Waals surface area contributed by atoms with Crippen molar-refractivity contribution in [3.05, 3.63) is 116 Å². The lowest BCUT2D eigenvalue weighted by molar-refractivity contribution is 0.347. The summed E-state index contributed by atoms with van der Waals surface area (Å²) in [7, 11) is 0. The molecule has 5 rings (SSSR count). The molecule has 4 aromatic rings. The fourth-order valence-electron chi connectivity index (χ4n) is 5.51. The second kappa shape index (κ2) is 12.1. The lowest BCUT2D eigenvalue weighted by Crippen LogP contribution is -2.80. The molecule has 0 bridgehead atoms. The summed E-state index contributed by atoms with van der Waals surface area (Å²) < 4.78 is 306. The van der Waals surface area contributed by atoms with E-state index in [1.807, 2.05) is 0 Å². The first-order valence-corrected chi connectivity index (χ1v) is 12.8. The van der Waals surface area contributed by atoms with Crippen LogP contribution in [0.2, 0.25) is 0 Å². The number of benzene rings is 4. The van der Waals surface area contributed by atoms with E-state index < -0.39 is 157 Å². The standard InChI is InChI=1S/C26H3B2F20NO2/c1-2-49-27(3-7(29)15(37)23(45)16(38)8(3)30,4-9(31)17(39)24(46)18(40)10(4)32)51-28(50-2,5-11(33)19(41)25(47)20(42)12(5)34)6-13(35)21(43)26(48)22(44)14(6)36/h1H3/q-2. The highest BCUT2D eigenvalue weighted by Crippen LogP contribution is 2.34. The van der Waals surface area contributed by atoms with Crippen LogP contribution in [0.4, 0.5) is 87.8 Å². The second-order valence-electron chi connectivity index (χ2n) is 10.3. The lowest BCUT2D eigenvalue weighted by atomic mass is 9.34. The van der Waals surface area contributed by atoms with Crippen LogP contribution in [0.3, 0.4) is 0 Å². The fourth-order valence-corrected chi connectivity index (χ4v) is 5.51. The molecular weight excluding hydrogens is 760 g/mol. The molecule has 0 atom stereocenters. The Bertz CT molecular complexity index is 2010. The van der Waals surface area contributed by atoms with Crippen molar-refractivity contribution in [3.63, 3.8) is 0 Å². The van der Waals surface area contributed by atoms with Crippen molar-refractivity contribution in [1.82, 2.24) is 0 Å². The first-order chi connectivity index (χ1) is 23.5. The molecule has 0 radical (unpaired) electrons. The summed E-state index contributed by atoms with van der Waals surface area (Å²) in [4.78, 5) is 2.88. The minimum absolute atomic E-state index is 0.0473. The molecule has 1 aliphatic rings. The highest BCUT2D eigenvalue weighted by atomic mass is 19.2. The summed E-state index contributed by atoms with van der Waals surface area (Å²) >= 11 is 0. The second-order valence-corrected chi connectivity index (χ2v) is 10.3. The molecule has 0 amide bonds. The third kappa shape index (κ3) is 4.86. The van der Waals surface area contributed by atoms with E-state index in [9.17, 15) is 52.7 Å². The van der Waals surface area contributed by atoms with Gasteiger partial charge in [-0.1, -0.05) is 21.9 Å². The molecule has 4 aromatic carbocycles. The molecule has 1 aliphatic heterocycles. The Morgan fingerprint density at radius 2 is 0.510 bits per heavy atom. The van der Waals surface area contributed by atoms with Gasteiger partial charge in [-0.3, -0.25) is 0 Å². The molecule has 0 saturated carbocycles. The Hall–Kier alpha value is -4.96. The molecule has 0 saturated heterocycles. The SMILES string of the molecule is CC1=N[B-](c2c(F)c(F)c(F)c(F)c2F)(c2c(F)c(F)c(F)c(F)c2F)O[B-](c2c(F)c(F)c(F)c(F)c2F)(c2c(F)c(F)c(F)c(F)c2F)O1. The van der Waals surface area contributed by atoms with Gasteiger partial charge in [-0.05, 0) is 0 Å². The van der Waals surface area contributed by atoms with Crippen LogP contribution in [0.5, 0.6) is 0 Å². The van der Waals surface area contributed by atoms with Crippen LogP contribution < -0.4 is 21.9 Å². The van der Waals surface area contributed by atoms with Crippen molar-refractivity contribution in [2.24, 2.45) is 4.90 Å². The van der Waals surface area contributed by atoms with Crippen molar-refractivity contribution >= 4 is 40.8 Å². The lowest BCUT2D eigenvalue weighted by Gasteiger charge is -2.60. The highest BCUT2D eigenvalue weighted by Gasteiger charge is 2.54. The molecule has 25 heteroatoms. The summed E-state index contributed by atoms with van der Waals surface area (Å²) in [5, 5.41) is 0. The predicted molar refractivity (Wildman–Crippen MR) is 130 cm³/mol. The maximum Gasteiger partial charge on any atom is 0.324 e. The summed E-state index contributed by atoms with van der Waals surface area (Å²) in [5.74, 6) is -68.0. The Balaban J connectivity index is 2.18. The van der Waals surface area contributed by atoms with E-state index in [0.717, 1.165) is 0 Å². The van der Waals surface area contributed by atoms with Crippen molar-refractivity contribution < 1.29 is 97.0 Å². The molecule has 0 fully saturated rings. The summed E-state index contributed by atoms with van der Waals surface area (Å²) in [6.07, 6.45) is 0. The third-order valence-electron chi connectivity index (χ3n) is 7.61. The number of hydrogen-bond acceptors (Lipinski definition) is 3.